The molecule has 4 nitrogen and oxygen atoms in total. The first-order chi connectivity index (χ1) is 13.5. The van der Waals surface area contributed by atoms with E-state index in [9.17, 15) is 14.0 Å². The van der Waals surface area contributed by atoms with Gasteiger partial charge in [-0.3, -0.25) is 14.9 Å². The zero-order valence-electron chi connectivity index (χ0n) is 14.4. The lowest BCUT2D eigenvalue weighted by atomic mass is 10.0. The van der Waals surface area contributed by atoms with Crippen molar-refractivity contribution in [2.45, 2.75) is 0 Å². The molecular formula is C22H13ClFNO3. The second kappa shape index (κ2) is 7.29. The summed E-state index contributed by atoms with van der Waals surface area (Å²) in [5, 5.41) is 3.46. The Morgan fingerprint density at radius 1 is 0.964 bits per heavy atom. The molecule has 0 unspecified atom stereocenters. The number of amides is 1. The molecule has 6 heteroatoms. The van der Waals surface area contributed by atoms with Gasteiger partial charge in [0.15, 0.2) is 0 Å². The number of anilines is 1. The average molecular weight is 394 g/mol. The molecule has 0 atom stereocenters. The Balaban J connectivity index is 1.88. The lowest BCUT2D eigenvalue weighted by Gasteiger charge is -2.11. The van der Waals surface area contributed by atoms with E-state index >= 15 is 0 Å². The first-order valence-corrected chi connectivity index (χ1v) is 8.79. The van der Waals surface area contributed by atoms with Crippen LogP contribution in [-0.4, -0.2) is 5.91 Å². The third-order valence-electron chi connectivity index (χ3n) is 4.24. The normalized spacial score (nSPS) is 10.8. The fourth-order valence-corrected chi connectivity index (χ4v) is 3.10. The van der Waals surface area contributed by atoms with Crippen LogP contribution in [0.5, 0.6) is 0 Å². The van der Waals surface area contributed by atoms with Crippen molar-refractivity contribution in [3.8, 4) is 11.1 Å². The molecule has 4 rings (SSSR count). The van der Waals surface area contributed by atoms with E-state index in [2.05, 4.69) is 5.32 Å². The van der Waals surface area contributed by atoms with Crippen molar-refractivity contribution >= 4 is 34.4 Å². The first kappa shape index (κ1) is 17.9. The highest BCUT2D eigenvalue weighted by molar-refractivity contribution is 6.30. The zero-order chi connectivity index (χ0) is 19.7. The maximum atomic E-state index is 13.1. The molecule has 138 valence electrons. The highest BCUT2D eigenvalue weighted by atomic mass is 35.5. The van der Waals surface area contributed by atoms with Crippen molar-refractivity contribution in [1.29, 1.82) is 0 Å². The van der Waals surface area contributed by atoms with Gasteiger partial charge in [0.2, 0.25) is 11.3 Å². The van der Waals surface area contributed by atoms with Crippen LogP contribution in [0.25, 0.3) is 22.1 Å². The molecule has 1 aromatic heterocycles. The summed E-state index contributed by atoms with van der Waals surface area (Å²) in [5.41, 5.74) is 0.985. The summed E-state index contributed by atoms with van der Waals surface area (Å²) in [4.78, 5) is 25.7. The summed E-state index contributed by atoms with van der Waals surface area (Å²) >= 11 is 6.08. The maximum absolute atomic E-state index is 13.1. The Bertz CT molecular complexity index is 1250. The molecule has 0 saturated carbocycles. The lowest BCUT2D eigenvalue weighted by Crippen LogP contribution is -2.16. The minimum Gasteiger partial charge on any atom is -0.439 e. The van der Waals surface area contributed by atoms with Crippen LogP contribution in [0.1, 0.15) is 10.4 Å². The monoisotopic (exact) mass is 393 g/mol. The van der Waals surface area contributed by atoms with Gasteiger partial charge in [0.25, 0.3) is 5.91 Å². The van der Waals surface area contributed by atoms with Crippen LogP contribution in [0.15, 0.2) is 82.0 Å². The van der Waals surface area contributed by atoms with Crippen LogP contribution in [0.4, 0.5) is 10.3 Å². The van der Waals surface area contributed by atoms with E-state index in [-0.39, 0.29) is 22.4 Å². The van der Waals surface area contributed by atoms with E-state index < -0.39 is 11.7 Å². The number of para-hydroxylation sites is 1. The Hall–Kier alpha value is -3.44. The van der Waals surface area contributed by atoms with Gasteiger partial charge in [0.05, 0.1) is 10.9 Å². The highest BCUT2D eigenvalue weighted by Crippen LogP contribution is 2.30. The summed E-state index contributed by atoms with van der Waals surface area (Å²) in [6.45, 7) is 0. The van der Waals surface area contributed by atoms with Crippen LogP contribution < -0.4 is 10.7 Å². The van der Waals surface area contributed by atoms with E-state index in [1.54, 1.807) is 48.5 Å². The number of hydrogen-bond acceptors (Lipinski definition) is 3. The highest BCUT2D eigenvalue weighted by Gasteiger charge is 2.19. The fourth-order valence-electron chi connectivity index (χ4n) is 2.91. The van der Waals surface area contributed by atoms with Crippen LogP contribution >= 0.6 is 11.6 Å². The van der Waals surface area contributed by atoms with Gasteiger partial charge >= 0.3 is 0 Å². The van der Waals surface area contributed by atoms with Gasteiger partial charge in [-0.05, 0) is 54.1 Å². The third-order valence-corrected chi connectivity index (χ3v) is 4.48. The summed E-state index contributed by atoms with van der Waals surface area (Å²) in [6, 6.07) is 18.6. The molecule has 1 N–H and O–H groups in total. The maximum Gasteiger partial charge on any atom is 0.257 e. The second-order valence-corrected chi connectivity index (χ2v) is 6.54. The molecule has 0 aliphatic rings. The molecule has 0 bridgehead atoms. The number of carbonyl (C=O) groups excluding carboxylic acids is 1. The SMILES string of the molecule is O=C(Nc1oc2ccccc2c(=O)c1-c1cccc(Cl)c1)c1ccc(F)cc1. The Morgan fingerprint density at radius 3 is 2.46 bits per heavy atom. The predicted octanol–water partition coefficient (Wildman–Crippen LogP) is 5.50. The Morgan fingerprint density at radius 2 is 1.71 bits per heavy atom. The van der Waals surface area contributed by atoms with Crippen LogP contribution in [-0.2, 0) is 0 Å². The molecule has 4 aromatic rings. The van der Waals surface area contributed by atoms with E-state index in [0.717, 1.165) is 0 Å². The minimum absolute atomic E-state index is 0.000270. The van der Waals surface area contributed by atoms with Gasteiger partial charge in [-0.2, -0.15) is 0 Å². The molecule has 0 radical (unpaired) electrons. The summed E-state index contributed by atoms with van der Waals surface area (Å²) < 4.78 is 19.0. The quantitative estimate of drug-likeness (QED) is 0.499. The van der Waals surface area contributed by atoms with Gasteiger partial charge in [-0.25, -0.2) is 4.39 Å². The molecule has 0 saturated heterocycles. The molecule has 1 amide bonds. The Labute approximate surface area is 164 Å². The van der Waals surface area contributed by atoms with Gasteiger partial charge in [-0.15, -0.1) is 0 Å². The molecule has 1 heterocycles. The molecule has 0 aliphatic heterocycles. The van der Waals surface area contributed by atoms with E-state index in [1.807, 2.05) is 0 Å². The predicted molar refractivity (Wildman–Crippen MR) is 107 cm³/mol. The van der Waals surface area contributed by atoms with Gasteiger partial charge in [0.1, 0.15) is 11.4 Å². The molecule has 0 fully saturated rings. The van der Waals surface area contributed by atoms with Crippen LogP contribution in [0.2, 0.25) is 5.02 Å². The summed E-state index contributed by atoms with van der Waals surface area (Å²) in [6.07, 6.45) is 0. The molecule has 3 aromatic carbocycles. The van der Waals surface area contributed by atoms with Crippen molar-refractivity contribution in [3.05, 3.63) is 99.4 Å². The standard InChI is InChI=1S/C22H13ClFNO3/c23-15-5-3-4-14(12-15)19-20(26)17-6-1-2-7-18(17)28-22(19)25-21(27)13-8-10-16(24)11-9-13/h1-12H,(H,25,27). The molecule has 28 heavy (non-hydrogen) atoms. The van der Waals surface area contributed by atoms with Crippen molar-refractivity contribution in [1.82, 2.24) is 0 Å². The Kier molecular flexibility index (Phi) is 4.67. The largest absolute Gasteiger partial charge is 0.439 e. The second-order valence-electron chi connectivity index (χ2n) is 6.10. The average Bonchev–Trinajstić information content (AvgIpc) is 2.68. The van der Waals surface area contributed by atoms with E-state index in [1.165, 1.54) is 24.3 Å². The van der Waals surface area contributed by atoms with Crippen molar-refractivity contribution < 1.29 is 13.6 Å². The first-order valence-electron chi connectivity index (χ1n) is 8.41. The van der Waals surface area contributed by atoms with Crippen molar-refractivity contribution in [2.24, 2.45) is 0 Å². The van der Waals surface area contributed by atoms with Crippen molar-refractivity contribution in [3.63, 3.8) is 0 Å². The number of nitrogens with one attached hydrogen (secondary N) is 1. The molecule has 0 spiro atoms. The van der Waals surface area contributed by atoms with Gasteiger partial charge in [-0.1, -0.05) is 35.9 Å². The minimum atomic E-state index is -0.526. The number of benzene rings is 3. The number of hydrogen-bond donors (Lipinski definition) is 1. The third kappa shape index (κ3) is 3.40. The number of rotatable bonds is 3. The number of carbonyl (C=O) groups is 1. The van der Waals surface area contributed by atoms with Gasteiger partial charge < -0.3 is 4.42 Å². The fraction of sp³-hybridized carbons (Fsp3) is 0. The van der Waals surface area contributed by atoms with E-state index in [4.69, 9.17) is 16.0 Å². The van der Waals surface area contributed by atoms with Gasteiger partial charge in [0, 0.05) is 10.6 Å². The lowest BCUT2D eigenvalue weighted by molar-refractivity contribution is 0.102. The number of halogens is 2. The number of fused-ring (bicyclic) bond motifs is 1. The zero-order valence-corrected chi connectivity index (χ0v) is 15.2. The molecule has 0 aliphatic carbocycles. The molecular weight excluding hydrogens is 381 g/mol. The summed E-state index contributed by atoms with van der Waals surface area (Å²) in [5.74, 6) is -0.976. The smallest absolute Gasteiger partial charge is 0.257 e. The topological polar surface area (TPSA) is 59.3 Å². The van der Waals surface area contributed by atoms with Crippen LogP contribution in [0.3, 0.4) is 0 Å². The summed E-state index contributed by atoms with van der Waals surface area (Å²) in [7, 11) is 0. The van der Waals surface area contributed by atoms with Crippen LogP contribution in [0, 0.1) is 5.82 Å². The van der Waals surface area contributed by atoms with Crippen molar-refractivity contribution in [2.75, 3.05) is 5.32 Å². The van der Waals surface area contributed by atoms with E-state index in [0.29, 0.717) is 21.6 Å².